The van der Waals surface area contributed by atoms with E-state index in [0.717, 1.165) is 52.1 Å². The van der Waals surface area contributed by atoms with Crippen molar-refractivity contribution in [3.05, 3.63) is 60.4 Å². The number of hydrogen-bond acceptors (Lipinski definition) is 8. The predicted octanol–water partition coefficient (Wildman–Crippen LogP) is 4.67. The summed E-state index contributed by atoms with van der Waals surface area (Å²) < 4.78 is 14.9. The fourth-order valence-corrected chi connectivity index (χ4v) is 4.53. The van der Waals surface area contributed by atoms with Gasteiger partial charge in [-0.05, 0) is 32.3 Å². The molecule has 188 valence electrons. The van der Waals surface area contributed by atoms with Gasteiger partial charge in [0.2, 0.25) is 11.8 Å². The van der Waals surface area contributed by atoms with E-state index in [-0.39, 0.29) is 6.04 Å². The Balaban J connectivity index is 1.32. The number of ether oxygens (including phenoxy) is 2. The molecule has 5 aromatic rings. The summed E-state index contributed by atoms with van der Waals surface area (Å²) in [6, 6.07) is 8.61. The van der Waals surface area contributed by atoms with Gasteiger partial charge in [0.05, 0.1) is 44.2 Å². The minimum absolute atomic E-state index is 0.268. The van der Waals surface area contributed by atoms with Gasteiger partial charge in [0.15, 0.2) is 11.5 Å². The van der Waals surface area contributed by atoms with Gasteiger partial charge in [-0.1, -0.05) is 24.3 Å². The van der Waals surface area contributed by atoms with E-state index in [9.17, 15) is 0 Å². The fourth-order valence-electron chi connectivity index (χ4n) is 4.53. The molecule has 37 heavy (non-hydrogen) atoms. The molecular weight excluding hydrogens is 468 g/mol. The standard InChI is InChI=1S/C27H28N8O2/c1-16(2)34-14-21(36-3)32-25(34)19-7-5-17(6-8-19)13-35-26-20(12-31-35)11-28-24(33-26)22-23(18-9-10-18)29-15-30-27(22)37-4/h5-8,11-12,14-16,18H,9-10,13H2,1-4H3. The van der Waals surface area contributed by atoms with E-state index < -0.39 is 0 Å². The number of fused-ring (bicyclic) bond motifs is 1. The minimum atomic E-state index is 0.268. The van der Waals surface area contributed by atoms with Gasteiger partial charge in [0.25, 0.3) is 0 Å². The third kappa shape index (κ3) is 4.28. The summed E-state index contributed by atoms with van der Waals surface area (Å²) in [5, 5.41) is 5.46. The first-order chi connectivity index (χ1) is 18.1. The Morgan fingerprint density at radius 1 is 0.973 bits per heavy atom. The van der Waals surface area contributed by atoms with Crippen molar-refractivity contribution in [2.75, 3.05) is 14.2 Å². The first-order valence-electron chi connectivity index (χ1n) is 12.4. The zero-order valence-electron chi connectivity index (χ0n) is 21.3. The van der Waals surface area contributed by atoms with E-state index in [1.165, 1.54) is 0 Å². The molecule has 1 aromatic carbocycles. The van der Waals surface area contributed by atoms with Crippen LogP contribution in [0.25, 0.3) is 33.8 Å². The largest absolute Gasteiger partial charge is 0.480 e. The van der Waals surface area contributed by atoms with Crippen molar-refractivity contribution >= 4 is 11.0 Å². The normalized spacial score (nSPS) is 13.4. The lowest BCUT2D eigenvalue weighted by Gasteiger charge is -2.12. The summed E-state index contributed by atoms with van der Waals surface area (Å²) in [6.07, 6.45) is 9.28. The number of rotatable bonds is 8. The number of methoxy groups -OCH3 is 2. The zero-order valence-corrected chi connectivity index (χ0v) is 21.3. The lowest BCUT2D eigenvalue weighted by Crippen LogP contribution is -2.05. The van der Waals surface area contributed by atoms with E-state index in [0.29, 0.717) is 30.0 Å². The van der Waals surface area contributed by atoms with Gasteiger partial charge >= 0.3 is 0 Å². The second-order valence-corrected chi connectivity index (χ2v) is 9.50. The van der Waals surface area contributed by atoms with Crippen molar-refractivity contribution in [3.63, 3.8) is 0 Å². The molecule has 0 aliphatic heterocycles. The van der Waals surface area contributed by atoms with Crippen LogP contribution in [0.2, 0.25) is 0 Å². The van der Waals surface area contributed by atoms with Gasteiger partial charge in [-0.3, -0.25) is 0 Å². The molecule has 0 unspecified atom stereocenters. The molecule has 0 bridgehead atoms. The molecule has 0 amide bonds. The maximum atomic E-state index is 5.55. The van der Waals surface area contributed by atoms with Crippen molar-refractivity contribution in [1.29, 1.82) is 0 Å². The predicted molar refractivity (Wildman–Crippen MR) is 139 cm³/mol. The maximum absolute atomic E-state index is 5.55. The third-order valence-corrected chi connectivity index (χ3v) is 6.62. The number of nitrogens with zero attached hydrogens (tertiary/aromatic N) is 8. The van der Waals surface area contributed by atoms with E-state index in [1.807, 2.05) is 10.9 Å². The second kappa shape index (κ2) is 9.27. The molecular formula is C27H28N8O2. The summed E-state index contributed by atoms with van der Waals surface area (Å²) >= 11 is 0. The van der Waals surface area contributed by atoms with Gasteiger partial charge < -0.3 is 14.0 Å². The smallest absolute Gasteiger partial charge is 0.231 e. The van der Waals surface area contributed by atoms with Crippen molar-refractivity contribution in [1.82, 2.24) is 39.3 Å². The fraction of sp³-hybridized carbons (Fsp3) is 0.333. The van der Waals surface area contributed by atoms with Crippen LogP contribution < -0.4 is 9.47 Å². The summed E-state index contributed by atoms with van der Waals surface area (Å²) in [6.45, 7) is 4.82. The first kappa shape index (κ1) is 23.1. The van der Waals surface area contributed by atoms with Gasteiger partial charge in [0, 0.05) is 23.7 Å². The van der Waals surface area contributed by atoms with E-state index in [4.69, 9.17) is 14.5 Å². The molecule has 0 saturated heterocycles. The van der Waals surface area contributed by atoms with Crippen molar-refractivity contribution in [3.8, 4) is 34.5 Å². The van der Waals surface area contributed by atoms with Gasteiger partial charge in [-0.15, -0.1) is 0 Å². The average Bonchev–Trinajstić information content (AvgIpc) is 3.56. The molecule has 1 saturated carbocycles. The van der Waals surface area contributed by atoms with Crippen LogP contribution in [-0.4, -0.2) is 53.5 Å². The number of benzene rings is 1. The highest BCUT2D eigenvalue weighted by Gasteiger charge is 2.31. The van der Waals surface area contributed by atoms with E-state index in [2.05, 4.69) is 67.7 Å². The molecule has 4 heterocycles. The third-order valence-electron chi connectivity index (χ3n) is 6.62. The van der Waals surface area contributed by atoms with Crippen LogP contribution in [0.4, 0.5) is 0 Å². The number of imidazole rings is 1. The highest BCUT2D eigenvalue weighted by molar-refractivity contribution is 5.77. The SMILES string of the molecule is COc1cn(C(C)C)c(-c2ccc(Cn3ncc4cnc(-c5c(OC)ncnc5C5CC5)nc43)cc2)n1. The zero-order chi connectivity index (χ0) is 25.5. The molecule has 4 aromatic heterocycles. The molecule has 6 rings (SSSR count). The summed E-state index contributed by atoms with van der Waals surface area (Å²) in [4.78, 5) is 23.0. The van der Waals surface area contributed by atoms with E-state index in [1.54, 1.807) is 32.9 Å². The van der Waals surface area contributed by atoms with Crippen LogP contribution in [0, 0.1) is 0 Å². The Hall–Kier alpha value is -4.34. The molecule has 1 aliphatic carbocycles. The highest BCUT2D eigenvalue weighted by atomic mass is 16.5. The molecule has 10 nitrogen and oxygen atoms in total. The number of hydrogen-bond donors (Lipinski definition) is 0. The monoisotopic (exact) mass is 496 g/mol. The Morgan fingerprint density at radius 3 is 2.49 bits per heavy atom. The molecule has 0 spiro atoms. The van der Waals surface area contributed by atoms with Crippen molar-refractivity contribution in [2.24, 2.45) is 0 Å². The Labute approximate surface area is 214 Å². The quantitative estimate of drug-likeness (QED) is 0.305. The highest BCUT2D eigenvalue weighted by Crippen LogP contribution is 2.44. The van der Waals surface area contributed by atoms with Crippen molar-refractivity contribution < 1.29 is 9.47 Å². The molecule has 0 atom stereocenters. The van der Waals surface area contributed by atoms with Crippen LogP contribution in [0.1, 0.15) is 49.9 Å². The molecule has 0 N–H and O–H groups in total. The van der Waals surface area contributed by atoms with Crippen LogP contribution >= 0.6 is 0 Å². The Kier molecular flexibility index (Phi) is 5.78. The van der Waals surface area contributed by atoms with E-state index >= 15 is 0 Å². The first-order valence-corrected chi connectivity index (χ1v) is 12.4. The van der Waals surface area contributed by atoms with Crippen LogP contribution in [0.3, 0.4) is 0 Å². The summed E-state index contributed by atoms with van der Waals surface area (Å²) in [7, 11) is 3.25. The molecule has 10 heteroatoms. The summed E-state index contributed by atoms with van der Waals surface area (Å²) in [5.41, 5.74) is 4.59. The topological polar surface area (TPSA) is 106 Å². The molecule has 0 radical (unpaired) electrons. The van der Waals surface area contributed by atoms with Crippen molar-refractivity contribution in [2.45, 2.75) is 45.2 Å². The molecule has 1 fully saturated rings. The lowest BCUT2D eigenvalue weighted by molar-refractivity contribution is 0.397. The van der Waals surface area contributed by atoms with Gasteiger partial charge in [0.1, 0.15) is 17.7 Å². The Bertz CT molecular complexity index is 1570. The van der Waals surface area contributed by atoms with Crippen LogP contribution in [-0.2, 0) is 6.54 Å². The molecule has 1 aliphatic rings. The number of aromatic nitrogens is 8. The minimum Gasteiger partial charge on any atom is -0.480 e. The van der Waals surface area contributed by atoms with Crippen LogP contribution in [0.15, 0.2) is 49.2 Å². The van der Waals surface area contributed by atoms with Gasteiger partial charge in [-0.25, -0.2) is 24.6 Å². The average molecular weight is 497 g/mol. The Morgan fingerprint density at radius 2 is 1.78 bits per heavy atom. The summed E-state index contributed by atoms with van der Waals surface area (Å²) in [5.74, 6) is 2.94. The van der Waals surface area contributed by atoms with Gasteiger partial charge in [-0.2, -0.15) is 10.1 Å². The lowest BCUT2D eigenvalue weighted by atomic mass is 10.1. The van der Waals surface area contributed by atoms with Crippen LogP contribution in [0.5, 0.6) is 11.8 Å². The maximum Gasteiger partial charge on any atom is 0.231 e. The second-order valence-electron chi connectivity index (χ2n) is 9.50.